The molecule has 1 atom stereocenters. The molecule has 2 aromatic rings. The molecule has 92 valence electrons. The quantitative estimate of drug-likeness (QED) is 0.879. The fourth-order valence-electron chi connectivity index (χ4n) is 2.35. The fourth-order valence-corrected chi connectivity index (χ4v) is 2.35. The third-order valence-electron chi connectivity index (χ3n) is 3.19. The number of pyridine rings is 1. The van der Waals surface area contributed by atoms with Crippen molar-refractivity contribution in [3.8, 4) is 0 Å². The first kappa shape index (κ1) is 11.2. The second kappa shape index (κ2) is 4.74. The molecule has 1 saturated heterocycles. The van der Waals surface area contributed by atoms with Gasteiger partial charge in [0.05, 0.1) is 11.7 Å². The lowest BCUT2D eigenvalue weighted by Crippen LogP contribution is -2.33. The lowest BCUT2D eigenvalue weighted by atomic mass is 10.1. The molecule has 1 aromatic heterocycles. The summed E-state index contributed by atoms with van der Waals surface area (Å²) in [6.07, 6.45) is 4.53. The number of aromatic nitrogens is 1. The Labute approximate surface area is 105 Å². The average molecular weight is 243 g/mol. The number of hydrogen-bond acceptors (Lipinski definition) is 3. The largest absolute Gasteiger partial charge is 0.298 e. The second-order valence-electron chi connectivity index (χ2n) is 4.32. The summed E-state index contributed by atoms with van der Waals surface area (Å²) in [4.78, 5) is 4.13. The number of para-hydroxylation sites is 1. The molecule has 2 heterocycles. The van der Waals surface area contributed by atoms with E-state index in [1.54, 1.807) is 18.3 Å². The first-order valence-corrected chi connectivity index (χ1v) is 6.03. The smallest absolute Gasteiger partial charge is 0.147 e. The van der Waals surface area contributed by atoms with E-state index in [-0.39, 0.29) is 11.9 Å². The van der Waals surface area contributed by atoms with E-state index in [0.717, 1.165) is 18.5 Å². The molecule has 0 bridgehead atoms. The predicted octanol–water partition coefficient (Wildman–Crippen LogP) is 2.68. The number of hydrazine groups is 1. The van der Waals surface area contributed by atoms with Crippen molar-refractivity contribution in [2.45, 2.75) is 12.5 Å². The summed E-state index contributed by atoms with van der Waals surface area (Å²) in [5.41, 5.74) is 4.92. The predicted molar refractivity (Wildman–Crippen MR) is 68.5 cm³/mol. The van der Waals surface area contributed by atoms with Crippen LogP contribution in [0.4, 0.5) is 10.1 Å². The standard InChI is InChI=1S/C14H14FN3/c15-12-5-1-2-6-14(12)18-13(7-9-17-18)11-4-3-8-16-10-11/h1-6,8,10,13,17H,7,9H2. The van der Waals surface area contributed by atoms with Crippen LogP contribution in [0.2, 0.25) is 0 Å². The van der Waals surface area contributed by atoms with Gasteiger partial charge in [0.15, 0.2) is 0 Å². The molecule has 1 fully saturated rings. The zero-order valence-electron chi connectivity index (χ0n) is 9.88. The molecule has 1 aromatic carbocycles. The summed E-state index contributed by atoms with van der Waals surface area (Å²) in [5, 5.41) is 1.90. The normalized spacial score (nSPS) is 19.2. The van der Waals surface area contributed by atoms with Crippen molar-refractivity contribution in [3.63, 3.8) is 0 Å². The number of nitrogens with one attached hydrogen (secondary N) is 1. The summed E-state index contributed by atoms with van der Waals surface area (Å²) in [6.45, 7) is 0.841. The molecule has 18 heavy (non-hydrogen) atoms. The fraction of sp³-hybridized carbons (Fsp3) is 0.214. The van der Waals surface area contributed by atoms with Gasteiger partial charge in [-0.3, -0.25) is 9.99 Å². The number of benzene rings is 1. The number of rotatable bonds is 2. The van der Waals surface area contributed by atoms with Crippen molar-refractivity contribution in [1.82, 2.24) is 10.4 Å². The Hall–Kier alpha value is -1.94. The van der Waals surface area contributed by atoms with Crippen LogP contribution in [-0.2, 0) is 0 Å². The highest BCUT2D eigenvalue weighted by atomic mass is 19.1. The molecule has 0 aliphatic carbocycles. The highest BCUT2D eigenvalue weighted by Gasteiger charge is 2.27. The Kier molecular flexibility index (Phi) is 2.94. The van der Waals surface area contributed by atoms with Gasteiger partial charge < -0.3 is 0 Å². The Bertz CT molecular complexity index is 530. The summed E-state index contributed by atoms with van der Waals surface area (Å²) in [7, 11) is 0. The van der Waals surface area contributed by atoms with Crippen molar-refractivity contribution < 1.29 is 4.39 Å². The topological polar surface area (TPSA) is 28.2 Å². The first-order valence-electron chi connectivity index (χ1n) is 6.03. The van der Waals surface area contributed by atoms with Crippen LogP contribution in [-0.4, -0.2) is 11.5 Å². The van der Waals surface area contributed by atoms with Gasteiger partial charge in [-0.25, -0.2) is 9.82 Å². The number of anilines is 1. The zero-order valence-corrected chi connectivity index (χ0v) is 9.88. The second-order valence-corrected chi connectivity index (χ2v) is 4.32. The summed E-state index contributed by atoms with van der Waals surface area (Å²) < 4.78 is 13.8. The van der Waals surface area contributed by atoms with Gasteiger partial charge in [0.2, 0.25) is 0 Å². The van der Waals surface area contributed by atoms with Gasteiger partial charge in [0.1, 0.15) is 5.82 Å². The maximum absolute atomic E-state index is 13.8. The van der Waals surface area contributed by atoms with Gasteiger partial charge in [-0.05, 0) is 30.2 Å². The van der Waals surface area contributed by atoms with Gasteiger partial charge in [-0.1, -0.05) is 18.2 Å². The Morgan fingerprint density at radius 3 is 2.89 bits per heavy atom. The van der Waals surface area contributed by atoms with Crippen molar-refractivity contribution in [2.75, 3.05) is 11.6 Å². The Morgan fingerprint density at radius 1 is 1.22 bits per heavy atom. The minimum atomic E-state index is -0.208. The molecule has 0 amide bonds. The third kappa shape index (κ3) is 1.95. The summed E-state index contributed by atoms with van der Waals surface area (Å²) >= 11 is 0. The lowest BCUT2D eigenvalue weighted by Gasteiger charge is -2.26. The maximum atomic E-state index is 13.8. The lowest BCUT2D eigenvalue weighted by molar-refractivity contribution is 0.596. The molecule has 1 aliphatic heterocycles. The van der Waals surface area contributed by atoms with Crippen LogP contribution in [0, 0.1) is 5.82 Å². The van der Waals surface area contributed by atoms with Crippen molar-refractivity contribution in [1.29, 1.82) is 0 Å². The molecule has 1 aliphatic rings. The van der Waals surface area contributed by atoms with Gasteiger partial charge >= 0.3 is 0 Å². The minimum absolute atomic E-state index is 0.135. The maximum Gasteiger partial charge on any atom is 0.147 e. The molecule has 3 rings (SSSR count). The third-order valence-corrected chi connectivity index (χ3v) is 3.19. The summed E-state index contributed by atoms with van der Waals surface area (Å²) in [5.74, 6) is -0.208. The molecule has 3 nitrogen and oxygen atoms in total. The molecule has 4 heteroatoms. The van der Waals surface area contributed by atoms with Crippen molar-refractivity contribution in [3.05, 3.63) is 60.2 Å². The highest BCUT2D eigenvalue weighted by Crippen LogP contribution is 2.32. The van der Waals surface area contributed by atoms with Gasteiger partial charge in [-0.2, -0.15) is 0 Å². The van der Waals surface area contributed by atoms with Crippen molar-refractivity contribution >= 4 is 5.69 Å². The van der Waals surface area contributed by atoms with E-state index < -0.39 is 0 Å². The van der Waals surface area contributed by atoms with E-state index in [2.05, 4.69) is 10.4 Å². The molecule has 1 unspecified atom stereocenters. The van der Waals surface area contributed by atoms with Gasteiger partial charge in [-0.15, -0.1) is 0 Å². The van der Waals surface area contributed by atoms with Crippen LogP contribution in [0.3, 0.4) is 0 Å². The monoisotopic (exact) mass is 243 g/mol. The molecule has 0 radical (unpaired) electrons. The van der Waals surface area contributed by atoms with Crippen LogP contribution in [0.5, 0.6) is 0 Å². The van der Waals surface area contributed by atoms with Crippen molar-refractivity contribution in [2.24, 2.45) is 0 Å². The molecule has 0 spiro atoms. The SMILES string of the molecule is Fc1ccccc1N1NCCC1c1cccnc1. The molecular formula is C14H14FN3. The van der Waals surface area contributed by atoms with E-state index in [1.165, 1.54) is 6.07 Å². The van der Waals surface area contributed by atoms with Crippen LogP contribution < -0.4 is 10.4 Å². The average Bonchev–Trinajstić information content (AvgIpc) is 2.89. The molecular weight excluding hydrogens is 229 g/mol. The minimum Gasteiger partial charge on any atom is -0.298 e. The highest BCUT2D eigenvalue weighted by molar-refractivity contribution is 5.49. The number of halogens is 1. The zero-order chi connectivity index (χ0) is 12.4. The van der Waals surface area contributed by atoms with Crippen LogP contribution >= 0.6 is 0 Å². The van der Waals surface area contributed by atoms with E-state index in [0.29, 0.717) is 5.69 Å². The van der Waals surface area contributed by atoms with E-state index in [9.17, 15) is 4.39 Å². The first-order chi connectivity index (χ1) is 8.86. The number of nitrogens with zero attached hydrogens (tertiary/aromatic N) is 2. The van der Waals surface area contributed by atoms with Gasteiger partial charge in [0, 0.05) is 18.9 Å². The van der Waals surface area contributed by atoms with E-state index >= 15 is 0 Å². The van der Waals surface area contributed by atoms with Crippen LogP contribution in [0.25, 0.3) is 0 Å². The Morgan fingerprint density at radius 2 is 2.11 bits per heavy atom. The number of hydrogen-bond donors (Lipinski definition) is 1. The van der Waals surface area contributed by atoms with Crippen LogP contribution in [0.15, 0.2) is 48.8 Å². The van der Waals surface area contributed by atoms with Gasteiger partial charge in [0.25, 0.3) is 0 Å². The molecule has 0 saturated carbocycles. The van der Waals surface area contributed by atoms with E-state index in [1.807, 2.05) is 29.4 Å². The van der Waals surface area contributed by atoms with E-state index in [4.69, 9.17) is 0 Å². The Balaban J connectivity index is 1.95. The van der Waals surface area contributed by atoms with Crippen LogP contribution in [0.1, 0.15) is 18.0 Å². The summed E-state index contributed by atoms with van der Waals surface area (Å²) in [6, 6.07) is 10.9. The molecule has 1 N–H and O–H groups in total.